The lowest BCUT2D eigenvalue weighted by Gasteiger charge is -2.20. The molecule has 0 aliphatic rings. The van der Waals surface area contributed by atoms with Crippen LogP contribution in [0.25, 0.3) is 0 Å². The van der Waals surface area contributed by atoms with E-state index in [9.17, 15) is 0 Å². The van der Waals surface area contributed by atoms with E-state index in [1.807, 2.05) is 20.9 Å². The molecule has 1 aromatic heterocycles. The number of anilines is 1. The largest absolute Gasteiger partial charge is 0.432 e. The first-order valence-corrected chi connectivity index (χ1v) is 3.91. The summed E-state index contributed by atoms with van der Waals surface area (Å²) in [5.74, 6) is 0. The molecule has 0 fully saturated rings. The number of hydrogen-bond donors (Lipinski definition) is 1. The summed E-state index contributed by atoms with van der Waals surface area (Å²) in [5.41, 5.74) is 0.849. The Labute approximate surface area is 71.8 Å². The van der Waals surface area contributed by atoms with Crippen LogP contribution in [-0.4, -0.2) is 29.8 Å². The summed E-state index contributed by atoms with van der Waals surface area (Å²) < 4.78 is 5.15. The molecule has 1 N–H and O–H groups in total. The molecule has 4 nitrogen and oxygen atoms in total. The lowest BCUT2D eigenvalue weighted by Crippen LogP contribution is -2.31. The summed E-state index contributed by atoms with van der Waals surface area (Å²) >= 11 is 0. The van der Waals surface area contributed by atoms with Crippen molar-refractivity contribution in [3.63, 3.8) is 0 Å². The third kappa shape index (κ3) is 1.76. The van der Waals surface area contributed by atoms with E-state index in [1.165, 1.54) is 0 Å². The van der Waals surface area contributed by atoms with Crippen molar-refractivity contribution in [3.05, 3.63) is 12.0 Å². The Bertz CT molecular complexity index is 247. The highest BCUT2D eigenvalue weighted by Gasteiger charge is 2.12. The van der Waals surface area contributed by atoms with Crippen molar-refractivity contribution >= 4 is 6.01 Å². The van der Waals surface area contributed by atoms with Gasteiger partial charge in [-0.15, -0.1) is 0 Å². The molecule has 1 rings (SSSR count). The zero-order valence-electron chi connectivity index (χ0n) is 7.61. The van der Waals surface area contributed by atoms with Crippen LogP contribution in [0, 0.1) is 6.92 Å². The number of rotatable bonds is 3. The van der Waals surface area contributed by atoms with Crippen LogP contribution in [-0.2, 0) is 0 Å². The van der Waals surface area contributed by atoms with Crippen LogP contribution in [0.2, 0.25) is 0 Å². The molecule has 1 atom stereocenters. The highest BCUT2D eigenvalue weighted by molar-refractivity contribution is 5.26. The molecule has 0 amide bonds. The fraction of sp³-hybridized carbons (Fsp3) is 0.625. The van der Waals surface area contributed by atoms with E-state index in [2.05, 4.69) is 4.98 Å². The van der Waals surface area contributed by atoms with E-state index in [4.69, 9.17) is 9.52 Å². The van der Waals surface area contributed by atoms with E-state index >= 15 is 0 Å². The van der Waals surface area contributed by atoms with Gasteiger partial charge in [-0.2, -0.15) is 4.98 Å². The van der Waals surface area contributed by atoms with Crippen LogP contribution >= 0.6 is 0 Å². The van der Waals surface area contributed by atoms with E-state index in [1.54, 1.807) is 11.2 Å². The maximum Gasteiger partial charge on any atom is 0.297 e. The molecule has 0 radical (unpaired) electrons. The minimum Gasteiger partial charge on any atom is -0.432 e. The predicted molar refractivity (Wildman–Crippen MR) is 46.2 cm³/mol. The van der Waals surface area contributed by atoms with Gasteiger partial charge in [-0.1, -0.05) is 0 Å². The molecular formula is C8H14N2O2. The number of aliphatic hydroxyl groups is 1. The van der Waals surface area contributed by atoms with E-state index < -0.39 is 0 Å². The van der Waals surface area contributed by atoms with Gasteiger partial charge in [0.25, 0.3) is 6.01 Å². The monoisotopic (exact) mass is 170 g/mol. The van der Waals surface area contributed by atoms with Crippen molar-refractivity contribution in [3.8, 4) is 0 Å². The summed E-state index contributed by atoms with van der Waals surface area (Å²) in [7, 11) is 1.84. The van der Waals surface area contributed by atoms with Crippen molar-refractivity contribution in [1.29, 1.82) is 0 Å². The van der Waals surface area contributed by atoms with Crippen molar-refractivity contribution in [1.82, 2.24) is 4.98 Å². The SMILES string of the molecule is Cc1coc(N(C)[C@@H](C)CO)n1. The minimum absolute atomic E-state index is 0.0306. The van der Waals surface area contributed by atoms with Gasteiger partial charge in [0.1, 0.15) is 6.26 Å². The summed E-state index contributed by atoms with van der Waals surface area (Å²) in [6.45, 7) is 3.86. The molecule has 0 saturated heterocycles. The van der Waals surface area contributed by atoms with E-state index in [0.29, 0.717) is 6.01 Å². The summed E-state index contributed by atoms with van der Waals surface area (Å²) in [5, 5.41) is 8.86. The standard InChI is InChI=1S/C8H14N2O2/c1-6-5-12-8(9-6)10(3)7(2)4-11/h5,7,11H,4H2,1-3H3/t7-/m0/s1. The number of aliphatic hydroxyl groups excluding tert-OH is 1. The zero-order valence-corrected chi connectivity index (χ0v) is 7.61. The smallest absolute Gasteiger partial charge is 0.297 e. The molecular weight excluding hydrogens is 156 g/mol. The van der Waals surface area contributed by atoms with Crippen molar-refractivity contribution < 1.29 is 9.52 Å². The number of aryl methyl sites for hydroxylation is 1. The maximum atomic E-state index is 8.86. The van der Waals surface area contributed by atoms with Crippen LogP contribution < -0.4 is 4.90 Å². The van der Waals surface area contributed by atoms with Crippen molar-refractivity contribution in [2.75, 3.05) is 18.6 Å². The quantitative estimate of drug-likeness (QED) is 0.729. The van der Waals surface area contributed by atoms with Gasteiger partial charge in [-0.3, -0.25) is 0 Å². The normalized spacial score (nSPS) is 13.0. The Morgan fingerprint density at radius 3 is 2.83 bits per heavy atom. The highest BCUT2D eigenvalue weighted by Crippen LogP contribution is 2.13. The van der Waals surface area contributed by atoms with Gasteiger partial charge in [-0.25, -0.2) is 0 Å². The number of hydrogen-bond acceptors (Lipinski definition) is 4. The van der Waals surface area contributed by atoms with Gasteiger partial charge < -0.3 is 14.4 Å². The first-order valence-electron chi connectivity index (χ1n) is 3.91. The molecule has 0 aliphatic carbocycles. The van der Waals surface area contributed by atoms with Crippen LogP contribution in [0.1, 0.15) is 12.6 Å². The van der Waals surface area contributed by atoms with E-state index in [0.717, 1.165) is 5.69 Å². The third-order valence-corrected chi connectivity index (χ3v) is 1.83. The molecule has 1 aromatic rings. The van der Waals surface area contributed by atoms with Gasteiger partial charge >= 0.3 is 0 Å². The number of nitrogens with zero attached hydrogens (tertiary/aromatic N) is 2. The average Bonchev–Trinajstić information content (AvgIpc) is 2.49. The zero-order chi connectivity index (χ0) is 9.14. The molecule has 0 aliphatic heterocycles. The lowest BCUT2D eigenvalue weighted by atomic mass is 10.3. The Morgan fingerprint density at radius 1 is 1.75 bits per heavy atom. The average molecular weight is 170 g/mol. The molecule has 1 heterocycles. The van der Waals surface area contributed by atoms with Crippen LogP contribution in [0.3, 0.4) is 0 Å². The lowest BCUT2D eigenvalue weighted by molar-refractivity contribution is 0.266. The second-order valence-corrected chi connectivity index (χ2v) is 2.91. The minimum atomic E-state index is 0.0306. The summed E-state index contributed by atoms with van der Waals surface area (Å²) in [4.78, 5) is 5.93. The number of aromatic nitrogens is 1. The van der Waals surface area contributed by atoms with Gasteiger partial charge in [-0.05, 0) is 13.8 Å². The topological polar surface area (TPSA) is 49.5 Å². The predicted octanol–water partition coefficient (Wildman–Crippen LogP) is 0.800. The second-order valence-electron chi connectivity index (χ2n) is 2.91. The van der Waals surface area contributed by atoms with E-state index in [-0.39, 0.29) is 12.6 Å². The Morgan fingerprint density at radius 2 is 2.42 bits per heavy atom. The van der Waals surface area contributed by atoms with Crippen molar-refractivity contribution in [2.45, 2.75) is 19.9 Å². The molecule has 4 heteroatoms. The Kier molecular flexibility index (Phi) is 2.70. The number of oxazole rings is 1. The summed E-state index contributed by atoms with van der Waals surface area (Å²) in [6.07, 6.45) is 1.59. The highest BCUT2D eigenvalue weighted by atomic mass is 16.4. The Hall–Kier alpha value is -1.03. The van der Waals surface area contributed by atoms with Gasteiger partial charge in [0.15, 0.2) is 0 Å². The fourth-order valence-electron chi connectivity index (χ4n) is 0.815. The molecule has 0 spiro atoms. The first-order chi connectivity index (χ1) is 5.65. The van der Waals surface area contributed by atoms with Crippen molar-refractivity contribution in [2.24, 2.45) is 0 Å². The van der Waals surface area contributed by atoms with Gasteiger partial charge in [0.2, 0.25) is 0 Å². The summed E-state index contributed by atoms with van der Waals surface area (Å²) in [6, 6.07) is 0.581. The van der Waals surface area contributed by atoms with Crippen LogP contribution in [0.4, 0.5) is 6.01 Å². The van der Waals surface area contributed by atoms with Crippen LogP contribution in [0.5, 0.6) is 0 Å². The molecule has 68 valence electrons. The molecule has 0 unspecified atom stereocenters. The molecule has 0 aromatic carbocycles. The molecule has 0 saturated carbocycles. The van der Waals surface area contributed by atoms with Crippen LogP contribution in [0.15, 0.2) is 10.7 Å². The first kappa shape index (κ1) is 9.06. The molecule has 12 heavy (non-hydrogen) atoms. The third-order valence-electron chi connectivity index (χ3n) is 1.83. The van der Waals surface area contributed by atoms with Gasteiger partial charge in [0.05, 0.1) is 18.3 Å². The number of likely N-dealkylation sites (N-methyl/N-ethyl adjacent to an activating group) is 1. The maximum absolute atomic E-state index is 8.86. The second kappa shape index (κ2) is 3.58. The fourth-order valence-corrected chi connectivity index (χ4v) is 0.815. The van der Waals surface area contributed by atoms with Gasteiger partial charge in [0, 0.05) is 7.05 Å². The molecule has 0 bridgehead atoms. The Balaban J connectivity index is 2.70.